The number of benzene rings is 3. The summed E-state index contributed by atoms with van der Waals surface area (Å²) in [5.41, 5.74) is 3.65. The summed E-state index contributed by atoms with van der Waals surface area (Å²) in [5.74, 6) is -0.335. The van der Waals surface area contributed by atoms with Crippen molar-refractivity contribution >= 4 is 34.6 Å². The molecule has 0 unspecified atom stereocenters. The standard InChI is InChI=1S/C35H37Cl2N7O4/c1-2-14-43-25-39-44(34(43)45)29-6-4-27(5-7-29)41-16-18-42(19-17-41)28-8-10-30(11-9-28)46-21-31-22-47-35(48-31,23-40-15-13-38-24-40)32-12-3-26(36)20-33(32)37/h3-13,15,20,24-25,31H,2,14,16-19,21-23H2,1H3/t31-,35-/m1/s1. The molecule has 0 bridgehead atoms. The van der Waals surface area contributed by atoms with Crippen LogP contribution in [0.5, 0.6) is 5.75 Å². The van der Waals surface area contributed by atoms with Crippen molar-refractivity contribution in [2.45, 2.75) is 38.3 Å². The molecule has 0 radical (unpaired) electrons. The van der Waals surface area contributed by atoms with Gasteiger partial charge in [-0.1, -0.05) is 36.2 Å². The largest absolute Gasteiger partial charge is 0.491 e. The van der Waals surface area contributed by atoms with E-state index in [1.54, 1.807) is 35.6 Å². The van der Waals surface area contributed by atoms with Gasteiger partial charge < -0.3 is 28.6 Å². The topological polar surface area (TPSA) is 91.8 Å². The minimum atomic E-state index is -1.10. The third kappa shape index (κ3) is 6.82. The Morgan fingerprint density at radius 2 is 1.60 bits per heavy atom. The van der Waals surface area contributed by atoms with Gasteiger partial charge in [0.05, 0.1) is 30.2 Å². The van der Waals surface area contributed by atoms with Crippen molar-refractivity contribution in [1.82, 2.24) is 23.9 Å². The lowest BCUT2D eigenvalue weighted by molar-refractivity contribution is -0.189. The Hall–Kier alpha value is -4.29. The maximum atomic E-state index is 12.6. The van der Waals surface area contributed by atoms with Gasteiger partial charge in [-0.2, -0.15) is 9.78 Å². The van der Waals surface area contributed by atoms with Crippen LogP contribution in [-0.4, -0.2) is 69.4 Å². The lowest BCUT2D eigenvalue weighted by Gasteiger charge is -2.37. The highest BCUT2D eigenvalue weighted by Crippen LogP contribution is 2.40. The van der Waals surface area contributed by atoms with Gasteiger partial charge in [0.1, 0.15) is 24.8 Å². The summed E-state index contributed by atoms with van der Waals surface area (Å²) >= 11 is 12.8. The third-order valence-corrected chi connectivity index (χ3v) is 9.27. The lowest BCUT2D eigenvalue weighted by Crippen LogP contribution is -2.46. The fourth-order valence-corrected chi connectivity index (χ4v) is 6.80. The van der Waals surface area contributed by atoms with Gasteiger partial charge in [0.15, 0.2) is 0 Å². The molecule has 5 aromatic rings. The molecule has 2 fully saturated rings. The van der Waals surface area contributed by atoms with Crippen LogP contribution in [0.25, 0.3) is 5.69 Å². The average Bonchev–Trinajstić information content (AvgIpc) is 3.86. The van der Waals surface area contributed by atoms with E-state index in [2.05, 4.69) is 44.1 Å². The number of piperazine rings is 1. The van der Waals surface area contributed by atoms with Crippen LogP contribution in [0.3, 0.4) is 0 Å². The maximum Gasteiger partial charge on any atom is 0.350 e. The lowest BCUT2D eigenvalue weighted by atomic mass is 10.1. The van der Waals surface area contributed by atoms with Crippen LogP contribution in [0.1, 0.15) is 18.9 Å². The number of aryl methyl sites for hydroxylation is 1. The molecule has 3 aromatic carbocycles. The van der Waals surface area contributed by atoms with Crippen LogP contribution < -0.4 is 20.2 Å². The summed E-state index contributed by atoms with van der Waals surface area (Å²) in [6.07, 6.45) is 7.48. The molecule has 2 saturated heterocycles. The molecule has 250 valence electrons. The van der Waals surface area contributed by atoms with E-state index >= 15 is 0 Å². The SMILES string of the molecule is CCCn1cnn(-c2ccc(N3CCN(c4ccc(OC[C@@H]5CO[C@@](Cn6ccnc6)(c6ccc(Cl)cc6Cl)O5)cc4)CC3)cc2)c1=O. The first kappa shape index (κ1) is 32.3. The van der Waals surface area contributed by atoms with E-state index in [1.165, 1.54) is 4.68 Å². The van der Waals surface area contributed by atoms with Gasteiger partial charge in [-0.3, -0.25) is 4.57 Å². The number of rotatable bonds is 11. The van der Waals surface area contributed by atoms with E-state index in [0.717, 1.165) is 55.4 Å². The Kier molecular flexibility index (Phi) is 9.45. The first-order valence-corrected chi connectivity index (χ1v) is 16.9. The second-order valence-corrected chi connectivity index (χ2v) is 12.8. The number of nitrogens with zero attached hydrogens (tertiary/aromatic N) is 7. The number of hydrogen-bond acceptors (Lipinski definition) is 8. The molecule has 2 atom stereocenters. The molecule has 2 aromatic heterocycles. The molecule has 0 spiro atoms. The highest BCUT2D eigenvalue weighted by molar-refractivity contribution is 6.35. The predicted octanol–water partition coefficient (Wildman–Crippen LogP) is 5.62. The van der Waals surface area contributed by atoms with E-state index in [1.807, 2.05) is 48.0 Å². The fraction of sp³-hybridized carbons (Fsp3) is 0.343. The summed E-state index contributed by atoms with van der Waals surface area (Å²) in [4.78, 5) is 21.5. The van der Waals surface area contributed by atoms with E-state index in [-0.39, 0.29) is 11.8 Å². The maximum absolute atomic E-state index is 12.6. The molecule has 0 N–H and O–H groups in total. The Morgan fingerprint density at radius 3 is 2.25 bits per heavy atom. The first-order chi connectivity index (χ1) is 23.4. The monoisotopic (exact) mass is 689 g/mol. The normalized spacial score (nSPS) is 19.6. The Morgan fingerprint density at radius 1 is 0.917 bits per heavy atom. The number of anilines is 2. The summed E-state index contributed by atoms with van der Waals surface area (Å²) < 4.78 is 23.9. The average molecular weight is 691 g/mol. The summed E-state index contributed by atoms with van der Waals surface area (Å²) in [6.45, 7) is 7.32. The molecule has 11 nitrogen and oxygen atoms in total. The molecule has 0 amide bonds. The van der Waals surface area contributed by atoms with Crippen LogP contribution in [0.4, 0.5) is 11.4 Å². The van der Waals surface area contributed by atoms with Crippen molar-refractivity contribution in [3.8, 4) is 11.4 Å². The van der Waals surface area contributed by atoms with Crippen molar-refractivity contribution in [3.63, 3.8) is 0 Å². The van der Waals surface area contributed by atoms with Crippen LogP contribution in [-0.2, 0) is 28.4 Å². The quantitative estimate of drug-likeness (QED) is 0.177. The summed E-state index contributed by atoms with van der Waals surface area (Å²) in [5, 5.41) is 5.30. The highest BCUT2D eigenvalue weighted by Gasteiger charge is 2.45. The number of aromatic nitrogens is 5. The molecule has 2 aliphatic rings. The van der Waals surface area contributed by atoms with E-state index < -0.39 is 5.79 Å². The number of hydrogen-bond donors (Lipinski definition) is 0. The van der Waals surface area contributed by atoms with Gasteiger partial charge in [0.2, 0.25) is 5.79 Å². The Bertz CT molecular complexity index is 1870. The van der Waals surface area contributed by atoms with Crippen LogP contribution in [0, 0.1) is 0 Å². The minimum Gasteiger partial charge on any atom is -0.491 e. The fourth-order valence-electron chi connectivity index (χ4n) is 6.25. The predicted molar refractivity (Wildman–Crippen MR) is 186 cm³/mol. The number of ether oxygens (including phenoxy) is 3. The van der Waals surface area contributed by atoms with E-state index in [4.69, 9.17) is 37.4 Å². The van der Waals surface area contributed by atoms with Gasteiger partial charge in [-0.15, -0.1) is 0 Å². The molecular formula is C35H37Cl2N7O4. The zero-order chi connectivity index (χ0) is 33.1. The Labute approximate surface area is 288 Å². The second kappa shape index (κ2) is 14.1. The zero-order valence-corrected chi connectivity index (χ0v) is 28.1. The van der Waals surface area contributed by atoms with E-state index in [0.29, 0.717) is 41.9 Å². The van der Waals surface area contributed by atoms with Gasteiger partial charge >= 0.3 is 5.69 Å². The molecular weight excluding hydrogens is 653 g/mol. The van der Waals surface area contributed by atoms with E-state index in [9.17, 15) is 4.79 Å². The van der Waals surface area contributed by atoms with Crippen molar-refractivity contribution in [3.05, 3.63) is 118 Å². The molecule has 7 rings (SSSR count). The summed E-state index contributed by atoms with van der Waals surface area (Å²) in [7, 11) is 0. The van der Waals surface area contributed by atoms with Crippen LogP contribution in [0.2, 0.25) is 10.0 Å². The second-order valence-electron chi connectivity index (χ2n) is 12.0. The third-order valence-electron chi connectivity index (χ3n) is 8.73. The van der Waals surface area contributed by atoms with Crippen LogP contribution >= 0.6 is 23.2 Å². The first-order valence-electron chi connectivity index (χ1n) is 16.1. The molecule has 2 aliphatic heterocycles. The van der Waals surface area contributed by atoms with Crippen molar-refractivity contribution < 1.29 is 14.2 Å². The summed E-state index contributed by atoms with van der Waals surface area (Å²) in [6, 6.07) is 21.5. The molecule has 0 aliphatic carbocycles. The smallest absolute Gasteiger partial charge is 0.350 e. The van der Waals surface area contributed by atoms with Gasteiger partial charge in [0.25, 0.3) is 0 Å². The Balaban J connectivity index is 0.925. The van der Waals surface area contributed by atoms with Gasteiger partial charge in [-0.05, 0) is 67.1 Å². The molecule has 48 heavy (non-hydrogen) atoms. The van der Waals surface area contributed by atoms with Gasteiger partial charge in [0, 0.05) is 67.1 Å². The molecule has 0 saturated carbocycles. The molecule has 4 heterocycles. The number of halogens is 2. The zero-order valence-electron chi connectivity index (χ0n) is 26.6. The van der Waals surface area contributed by atoms with Gasteiger partial charge in [-0.25, -0.2) is 9.78 Å². The van der Waals surface area contributed by atoms with Crippen LogP contribution in [0.15, 0.2) is 96.6 Å². The minimum absolute atomic E-state index is 0.112. The van der Waals surface area contributed by atoms with Crippen molar-refractivity contribution in [2.75, 3.05) is 49.2 Å². The van der Waals surface area contributed by atoms with Crippen molar-refractivity contribution in [2.24, 2.45) is 0 Å². The molecule has 13 heteroatoms. The van der Waals surface area contributed by atoms with Crippen molar-refractivity contribution in [1.29, 1.82) is 0 Å². The number of imidazole rings is 1. The highest BCUT2D eigenvalue weighted by atomic mass is 35.5.